The molecule has 2 aromatic carbocycles. The summed E-state index contributed by atoms with van der Waals surface area (Å²) >= 11 is 0. The normalized spacial score (nSPS) is 11.0. The number of fused-ring (bicyclic) bond motifs is 1. The SMILES string of the molecule is NCc1cccc(-c2ccc3cc(-n4cccc4)ccc3n2)c1. The van der Waals surface area contributed by atoms with Crippen molar-refractivity contribution in [1.29, 1.82) is 0 Å². The molecule has 0 saturated heterocycles. The van der Waals surface area contributed by atoms with Gasteiger partial charge in [-0.15, -0.1) is 0 Å². The molecule has 4 aromatic rings. The van der Waals surface area contributed by atoms with Crippen molar-refractivity contribution < 1.29 is 0 Å². The molecular weight excluding hydrogens is 282 g/mol. The largest absolute Gasteiger partial charge is 0.326 e. The minimum atomic E-state index is 0.543. The van der Waals surface area contributed by atoms with Crippen molar-refractivity contribution >= 4 is 10.9 Å². The lowest BCUT2D eigenvalue weighted by Crippen LogP contribution is -1.96. The van der Waals surface area contributed by atoms with Crippen LogP contribution in [0.15, 0.2) is 79.1 Å². The van der Waals surface area contributed by atoms with Gasteiger partial charge in [-0.05, 0) is 48.0 Å². The summed E-state index contributed by atoms with van der Waals surface area (Å²) in [4.78, 5) is 4.79. The summed E-state index contributed by atoms with van der Waals surface area (Å²) in [6, 6.07) is 22.8. The van der Waals surface area contributed by atoms with E-state index < -0.39 is 0 Å². The van der Waals surface area contributed by atoms with Crippen molar-refractivity contribution in [2.75, 3.05) is 0 Å². The van der Waals surface area contributed by atoms with Gasteiger partial charge in [0.15, 0.2) is 0 Å². The Labute approximate surface area is 135 Å². The second kappa shape index (κ2) is 5.71. The van der Waals surface area contributed by atoms with Gasteiger partial charge >= 0.3 is 0 Å². The van der Waals surface area contributed by atoms with Crippen molar-refractivity contribution in [2.24, 2.45) is 5.73 Å². The van der Waals surface area contributed by atoms with Crippen LogP contribution in [0.25, 0.3) is 27.8 Å². The molecule has 0 saturated carbocycles. The van der Waals surface area contributed by atoms with Crippen LogP contribution in [0.4, 0.5) is 0 Å². The van der Waals surface area contributed by atoms with Crippen molar-refractivity contribution in [3.05, 3.63) is 84.7 Å². The molecule has 23 heavy (non-hydrogen) atoms. The quantitative estimate of drug-likeness (QED) is 0.617. The minimum absolute atomic E-state index is 0.543. The summed E-state index contributed by atoms with van der Waals surface area (Å²) in [5.41, 5.74) is 11.1. The van der Waals surface area contributed by atoms with E-state index in [1.165, 1.54) is 0 Å². The van der Waals surface area contributed by atoms with Gasteiger partial charge in [0.25, 0.3) is 0 Å². The Balaban J connectivity index is 1.78. The zero-order valence-corrected chi connectivity index (χ0v) is 12.7. The Morgan fingerprint density at radius 2 is 1.74 bits per heavy atom. The van der Waals surface area contributed by atoms with E-state index >= 15 is 0 Å². The Bertz CT molecular complexity index is 956. The van der Waals surface area contributed by atoms with Gasteiger partial charge in [0, 0.05) is 35.6 Å². The van der Waals surface area contributed by atoms with E-state index in [1.807, 2.05) is 36.7 Å². The predicted octanol–water partition coefficient (Wildman–Crippen LogP) is 4.15. The Kier molecular flexibility index (Phi) is 3.41. The summed E-state index contributed by atoms with van der Waals surface area (Å²) in [7, 11) is 0. The van der Waals surface area contributed by atoms with Crippen molar-refractivity contribution in [3.63, 3.8) is 0 Å². The maximum atomic E-state index is 5.73. The van der Waals surface area contributed by atoms with Crippen LogP contribution < -0.4 is 5.73 Å². The number of pyridine rings is 1. The second-order valence-electron chi connectivity index (χ2n) is 5.57. The van der Waals surface area contributed by atoms with E-state index in [1.54, 1.807) is 0 Å². The third-order valence-electron chi connectivity index (χ3n) is 4.03. The van der Waals surface area contributed by atoms with Gasteiger partial charge in [-0.1, -0.05) is 24.3 Å². The molecule has 0 amide bonds. The first kappa shape index (κ1) is 13.7. The van der Waals surface area contributed by atoms with Crippen LogP contribution in [0.2, 0.25) is 0 Å². The standard InChI is InChI=1S/C20H17N3/c21-14-15-4-3-5-16(12-15)19-8-6-17-13-18(7-9-20(17)22-19)23-10-1-2-11-23/h1-13H,14,21H2. The lowest BCUT2D eigenvalue weighted by atomic mass is 10.1. The Morgan fingerprint density at radius 1 is 0.870 bits per heavy atom. The summed E-state index contributed by atoms with van der Waals surface area (Å²) in [5, 5.41) is 1.13. The third kappa shape index (κ3) is 2.62. The molecule has 0 unspecified atom stereocenters. The minimum Gasteiger partial charge on any atom is -0.326 e. The molecule has 3 nitrogen and oxygen atoms in total. The lowest BCUT2D eigenvalue weighted by molar-refractivity contribution is 1.07. The number of rotatable bonds is 3. The number of hydrogen-bond donors (Lipinski definition) is 1. The first-order valence-corrected chi connectivity index (χ1v) is 7.67. The first-order valence-electron chi connectivity index (χ1n) is 7.67. The third-order valence-corrected chi connectivity index (χ3v) is 4.03. The molecule has 2 heterocycles. The summed E-state index contributed by atoms with van der Waals surface area (Å²) < 4.78 is 2.10. The molecule has 4 rings (SSSR count). The molecule has 3 heteroatoms. The van der Waals surface area contributed by atoms with Gasteiger partial charge in [0.05, 0.1) is 11.2 Å². The van der Waals surface area contributed by atoms with E-state index in [-0.39, 0.29) is 0 Å². The maximum Gasteiger partial charge on any atom is 0.0711 e. The van der Waals surface area contributed by atoms with Crippen molar-refractivity contribution in [2.45, 2.75) is 6.54 Å². The number of nitrogens with two attached hydrogens (primary N) is 1. The van der Waals surface area contributed by atoms with Gasteiger partial charge in [0.2, 0.25) is 0 Å². The maximum absolute atomic E-state index is 5.73. The zero-order valence-electron chi connectivity index (χ0n) is 12.7. The molecule has 0 fully saturated rings. The monoisotopic (exact) mass is 299 g/mol. The number of benzene rings is 2. The van der Waals surface area contributed by atoms with Crippen molar-refractivity contribution in [3.8, 4) is 16.9 Å². The molecular formula is C20H17N3. The molecule has 0 radical (unpaired) electrons. The van der Waals surface area contributed by atoms with Crippen LogP contribution in [-0.2, 0) is 6.54 Å². The number of nitrogens with zero attached hydrogens (tertiary/aromatic N) is 2. The fraction of sp³-hybridized carbons (Fsp3) is 0.0500. The van der Waals surface area contributed by atoms with Crippen LogP contribution in [0.5, 0.6) is 0 Å². The number of hydrogen-bond acceptors (Lipinski definition) is 2. The summed E-state index contributed by atoms with van der Waals surface area (Å²) in [5.74, 6) is 0. The molecule has 112 valence electrons. The van der Waals surface area contributed by atoms with E-state index in [9.17, 15) is 0 Å². The van der Waals surface area contributed by atoms with Crippen LogP contribution in [0, 0.1) is 0 Å². The van der Waals surface area contributed by atoms with E-state index in [0.29, 0.717) is 6.54 Å². The van der Waals surface area contributed by atoms with Crippen LogP contribution in [0.3, 0.4) is 0 Å². The smallest absolute Gasteiger partial charge is 0.0711 e. The highest BCUT2D eigenvalue weighted by Gasteiger charge is 2.04. The first-order chi connectivity index (χ1) is 11.3. The predicted molar refractivity (Wildman–Crippen MR) is 94.4 cm³/mol. The average Bonchev–Trinajstić information content (AvgIpc) is 3.15. The molecule has 0 spiro atoms. The van der Waals surface area contributed by atoms with Gasteiger partial charge in [-0.3, -0.25) is 0 Å². The molecule has 0 bridgehead atoms. The Morgan fingerprint density at radius 3 is 2.57 bits per heavy atom. The van der Waals surface area contributed by atoms with Gasteiger partial charge < -0.3 is 10.3 Å². The van der Waals surface area contributed by atoms with E-state index in [0.717, 1.165) is 33.4 Å². The zero-order chi connectivity index (χ0) is 15.6. The fourth-order valence-corrected chi connectivity index (χ4v) is 2.80. The molecule has 2 N–H and O–H groups in total. The fourth-order valence-electron chi connectivity index (χ4n) is 2.80. The van der Waals surface area contributed by atoms with Gasteiger partial charge in [-0.25, -0.2) is 4.98 Å². The Hall–Kier alpha value is -2.91. The summed E-state index contributed by atoms with van der Waals surface area (Å²) in [6.07, 6.45) is 4.09. The number of aromatic nitrogens is 2. The second-order valence-corrected chi connectivity index (χ2v) is 5.57. The molecule has 0 aliphatic heterocycles. The lowest BCUT2D eigenvalue weighted by Gasteiger charge is -2.07. The molecule has 0 atom stereocenters. The molecule has 2 aromatic heterocycles. The highest BCUT2D eigenvalue weighted by molar-refractivity contribution is 5.83. The average molecular weight is 299 g/mol. The van der Waals surface area contributed by atoms with E-state index in [4.69, 9.17) is 10.7 Å². The van der Waals surface area contributed by atoms with Crippen molar-refractivity contribution in [1.82, 2.24) is 9.55 Å². The van der Waals surface area contributed by atoms with Gasteiger partial charge in [-0.2, -0.15) is 0 Å². The highest BCUT2D eigenvalue weighted by Crippen LogP contribution is 2.23. The van der Waals surface area contributed by atoms with Crippen LogP contribution in [-0.4, -0.2) is 9.55 Å². The van der Waals surface area contributed by atoms with Crippen LogP contribution in [0.1, 0.15) is 5.56 Å². The molecule has 0 aliphatic carbocycles. The van der Waals surface area contributed by atoms with Gasteiger partial charge in [0.1, 0.15) is 0 Å². The molecule has 0 aliphatic rings. The topological polar surface area (TPSA) is 43.8 Å². The highest BCUT2D eigenvalue weighted by atomic mass is 14.9. The van der Waals surface area contributed by atoms with Crippen LogP contribution >= 0.6 is 0 Å². The summed E-state index contributed by atoms with van der Waals surface area (Å²) in [6.45, 7) is 0.543. The van der Waals surface area contributed by atoms with E-state index in [2.05, 4.69) is 47.0 Å².